The molecule has 1 amide bonds. The zero-order valence-electron chi connectivity index (χ0n) is 11.6. The van der Waals surface area contributed by atoms with Crippen LogP contribution in [0.4, 0.5) is 5.69 Å². The number of carbonyl (C=O) groups is 1. The van der Waals surface area contributed by atoms with Gasteiger partial charge in [0.1, 0.15) is 0 Å². The summed E-state index contributed by atoms with van der Waals surface area (Å²) in [6, 6.07) is 5.29. The molecular formula is C15H22N2O2. The number of nitrogens with zero attached hydrogens (tertiary/aromatic N) is 1. The van der Waals surface area contributed by atoms with Gasteiger partial charge in [-0.05, 0) is 18.9 Å². The van der Waals surface area contributed by atoms with Crippen LogP contribution in [0.25, 0.3) is 0 Å². The largest absolute Gasteiger partial charge is 0.398 e. The summed E-state index contributed by atoms with van der Waals surface area (Å²) in [6.45, 7) is 2.15. The van der Waals surface area contributed by atoms with Crippen LogP contribution in [0.5, 0.6) is 0 Å². The van der Waals surface area contributed by atoms with E-state index in [2.05, 4.69) is 6.92 Å². The molecule has 0 bridgehead atoms. The molecule has 1 aromatic rings. The first-order valence-corrected chi connectivity index (χ1v) is 6.92. The molecule has 3 N–H and O–H groups in total. The summed E-state index contributed by atoms with van der Waals surface area (Å²) < 4.78 is 0. The van der Waals surface area contributed by atoms with E-state index in [-0.39, 0.29) is 5.91 Å². The summed E-state index contributed by atoms with van der Waals surface area (Å²) in [5.41, 5.74) is 6.22. The van der Waals surface area contributed by atoms with Crippen molar-refractivity contribution in [2.75, 3.05) is 12.8 Å². The Morgan fingerprint density at radius 2 is 2.05 bits per heavy atom. The van der Waals surface area contributed by atoms with Gasteiger partial charge in [-0.2, -0.15) is 0 Å². The van der Waals surface area contributed by atoms with E-state index in [0.29, 0.717) is 23.2 Å². The summed E-state index contributed by atoms with van der Waals surface area (Å²) in [5, 5.41) is 10.9. The normalized spacial score (nSPS) is 21.8. The van der Waals surface area contributed by atoms with Crippen LogP contribution in [0, 0.1) is 0 Å². The van der Waals surface area contributed by atoms with Gasteiger partial charge in [-0.25, -0.2) is 0 Å². The first-order valence-electron chi connectivity index (χ1n) is 6.92. The van der Waals surface area contributed by atoms with Crippen molar-refractivity contribution in [3.63, 3.8) is 0 Å². The average Bonchev–Trinajstić information content (AvgIpc) is 2.59. The average molecular weight is 262 g/mol. The van der Waals surface area contributed by atoms with Gasteiger partial charge in [0.25, 0.3) is 5.91 Å². The fourth-order valence-corrected chi connectivity index (χ4v) is 2.76. The number of nitrogens with two attached hydrogens (primary N) is 1. The third-order valence-corrected chi connectivity index (χ3v) is 3.98. The molecule has 0 saturated carbocycles. The van der Waals surface area contributed by atoms with Crippen molar-refractivity contribution in [3.8, 4) is 0 Å². The maximum Gasteiger partial charge on any atom is 0.258 e. The van der Waals surface area contributed by atoms with Crippen molar-refractivity contribution in [1.29, 1.82) is 0 Å². The monoisotopic (exact) mass is 262 g/mol. The third kappa shape index (κ3) is 2.21. The molecule has 4 nitrogen and oxygen atoms in total. The number of rotatable bonds is 5. The first kappa shape index (κ1) is 13.9. The molecule has 1 aliphatic rings. The van der Waals surface area contributed by atoms with E-state index in [1.54, 1.807) is 25.2 Å². The van der Waals surface area contributed by atoms with Gasteiger partial charge in [-0.3, -0.25) is 4.79 Å². The number of anilines is 1. The van der Waals surface area contributed by atoms with Gasteiger partial charge in [0, 0.05) is 18.3 Å². The highest BCUT2D eigenvalue weighted by atomic mass is 16.3. The maximum absolute atomic E-state index is 12.2. The van der Waals surface area contributed by atoms with Gasteiger partial charge >= 0.3 is 0 Å². The van der Waals surface area contributed by atoms with Gasteiger partial charge in [0.05, 0.1) is 5.56 Å². The van der Waals surface area contributed by atoms with E-state index in [0.717, 1.165) is 25.7 Å². The zero-order valence-corrected chi connectivity index (χ0v) is 11.6. The summed E-state index contributed by atoms with van der Waals surface area (Å²) in [6.07, 6.45) is 4.83. The second-order valence-electron chi connectivity index (χ2n) is 5.26. The molecule has 0 fully saturated rings. The third-order valence-electron chi connectivity index (χ3n) is 3.98. The molecule has 1 atom stereocenters. The number of carbonyl (C=O) groups excluding carboxylic acids is 1. The highest BCUT2D eigenvalue weighted by Crippen LogP contribution is 2.41. The number of hydrogen-bond donors (Lipinski definition) is 2. The van der Waals surface area contributed by atoms with Crippen LogP contribution in [0.3, 0.4) is 0 Å². The van der Waals surface area contributed by atoms with Crippen LogP contribution in [-0.2, 0) is 5.72 Å². The highest BCUT2D eigenvalue weighted by molar-refractivity contribution is 6.04. The molecule has 0 aliphatic carbocycles. The van der Waals surface area contributed by atoms with Gasteiger partial charge in [0.15, 0.2) is 5.72 Å². The first-order chi connectivity index (χ1) is 9.02. The Hall–Kier alpha value is -1.55. The van der Waals surface area contributed by atoms with Crippen molar-refractivity contribution in [3.05, 3.63) is 29.3 Å². The maximum atomic E-state index is 12.2. The second-order valence-corrected chi connectivity index (χ2v) is 5.26. The summed E-state index contributed by atoms with van der Waals surface area (Å²) >= 11 is 0. The minimum atomic E-state index is -1.20. The van der Waals surface area contributed by atoms with Crippen molar-refractivity contribution >= 4 is 11.6 Å². The van der Waals surface area contributed by atoms with Gasteiger partial charge in [-0.15, -0.1) is 0 Å². The van der Waals surface area contributed by atoms with E-state index >= 15 is 0 Å². The number of nitrogen functional groups attached to an aromatic ring is 1. The van der Waals surface area contributed by atoms with Crippen LogP contribution in [0.15, 0.2) is 18.2 Å². The number of amides is 1. The Morgan fingerprint density at radius 3 is 2.74 bits per heavy atom. The molecule has 1 aliphatic heterocycles. The lowest BCUT2D eigenvalue weighted by molar-refractivity contribution is -0.0800. The second kappa shape index (κ2) is 5.21. The number of unbranched alkanes of at least 4 members (excludes halogenated alkanes) is 3. The predicted octanol–water partition coefficient (Wildman–Crippen LogP) is 2.47. The molecule has 0 radical (unpaired) electrons. The lowest BCUT2D eigenvalue weighted by Gasteiger charge is -2.31. The van der Waals surface area contributed by atoms with E-state index in [4.69, 9.17) is 5.73 Å². The van der Waals surface area contributed by atoms with Crippen molar-refractivity contribution in [1.82, 2.24) is 4.90 Å². The number of hydrogen-bond acceptors (Lipinski definition) is 3. The van der Waals surface area contributed by atoms with Crippen molar-refractivity contribution in [2.45, 2.75) is 44.8 Å². The SMILES string of the molecule is CCCCCC[C@@]1(O)c2cccc(N)c2C(=O)N1C. The van der Waals surface area contributed by atoms with Crippen molar-refractivity contribution in [2.24, 2.45) is 0 Å². The van der Waals surface area contributed by atoms with E-state index in [1.807, 2.05) is 0 Å². The van der Waals surface area contributed by atoms with Crippen LogP contribution in [-0.4, -0.2) is 23.0 Å². The smallest absolute Gasteiger partial charge is 0.258 e. The molecular weight excluding hydrogens is 240 g/mol. The molecule has 104 valence electrons. The number of fused-ring (bicyclic) bond motifs is 1. The minimum absolute atomic E-state index is 0.189. The molecule has 0 unspecified atom stereocenters. The molecule has 1 aromatic carbocycles. The van der Waals surface area contributed by atoms with Crippen LogP contribution < -0.4 is 5.73 Å². The summed E-state index contributed by atoms with van der Waals surface area (Å²) in [7, 11) is 1.64. The summed E-state index contributed by atoms with van der Waals surface area (Å²) in [5.74, 6) is -0.189. The van der Waals surface area contributed by atoms with Crippen LogP contribution in [0.2, 0.25) is 0 Å². The van der Waals surface area contributed by atoms with E-state index < -0.39 is 5.72 Å². The standard InChI is InChI=1S/C15H22N2O2/c1-3-4-5-6-10-15(19)11-8-7-9-12(16)13(11)14(18)17(15)2/h7-9,19H,3-6,10,16H2,1-2H3/t15-/m1/s1. The Balaban J connectivity index is 2.27. The fourth-order valence-electron chi connectivity index (χ4n) is 2.76. The highest BCUT2D eigenvalue weighted by Gasteiger charge is 2.46. The predicted molar refractivity (Wildman–Crippen MR) is 75.6 cm³/mol. The fraction of sp³-hybridized carbons (Fsp3) is 0.533. The molecule has 19 heavy (non-hydrogen) atoms. The molecule has 1 heterocycles. The van der Waals surface area contributed by atoms with E-state index in [9.17, 15) is 9.90 Å². The molecule has 0 aromatic heterocycles. The number of aliphatic hydroxyl groups is 1. The van der Waals surface area contributed by atoms with Gasteiger partial charge in [0.2, 0.25) is 0 Å². The molecule has 0 saturated heterocycles. The van der Waals surface area contributed by atoms with Crippen LogP contribution >= 0.6 is 0 Å². The Labute approximate surface area is 114 Å². The van der Waals surface area contributed by atoms with Crippen LogP contribution in [0.1, 0.15) is 54.9 Å². The quantitative estimate of drug-likeness (QED) is 0.633. The van der Waals surface area contributed by atoms with Gasteiger partial charge in [-0.1, -0.05) is 38.3 Å². The van der Waals surface area contributed by atoms with Gasteiger partial charge < -0.3 is 15.7 Å². The lowest BCUT2D eigenvalue weighted by Crippen LogP contribution is -2.40. The minimum Gasteiger partial charge on any atom is -0.398 e. The zero-order chi connectivity index (χ0) is 14.0. The van der Waals surface area contributed by atoms with Crippen molar-refractivity contribution < 1.29 is 9.90 Å². The Morgan fingerprint density at radius 1 is 1.32 bits per heavy atom. The molecule has 2 rings (SSSR count). The molecule has 0 spiro atoms. The Kier molecular flexibility index (Phi) is 3.80. The lowest BCUT2D eigenvalue weighted by atomic mass is 9.95. The topological polar surface area (TPSA) is 66.6 Å². The summed E-state index contributed by atoms with van der Waals surface area (Å²) in [4.78, 5) is 13.6. The van der Waals surface area contributed by atoms with E-state index in [1.165, 1.54) is 4.90 Å². The Bertz CT molecular complexity index is 487. The number of benzene rings is 1. The molecule has 4 heteroatoms.